The Morgan fingerprint density at radius 2 is 1.90 bits per heavy atom. The van der Waals surface area contributed by atoms with Gasteiger partial charge >= 0.3 is 0 Å². The van der Waals surface area contributed by atoms with Crippen LogP contribution in [-0.4, -0.2) is 45.8 Å². The normalized spacial score (nSPS) is 10.8. The summed E-state index contributed by atoms with van der Waals surface area (Å²) in [5, 5.41) is 7.39. The van der Waals surface area contributed by atoms with Gasteiger partial charge in [0, 0.05) is 18.9 Å². The largest absolute Gasteiger partial charge is 0.354 e. The van der Waals surface area contributed by atoms with Crippen molar-refractivity contribution in [1.29, 1.82) is 0 Å². The summed E-state index contributed by atoms with van der Waals surface area (Å²) in [6.45, 7) is 6.37. The van der Waals surface area contributed by atoms with E-state index >= 15 is 0 Å². The van der Waals surface area contributed by atoms with Crippen molar-refractivity contribution in [3.63, 3.8) is 0 Å². The van der Waals surface area contributed by atoms with Crippen LogP contribution in [0.4, 0.5) is 5.95 Å². The monoisotopic (exact) mass is 285 g/mol. The molecule has 0 aliphatic heterocycles. The lowest BCUT2D eigenvalue weighted by molar-refractivity contribution is 0.748. The van der Waals surface area contributed by atoms with Crippen LogP contribution in [-0.2, 0) is 0 Å². The maximum Gasteiger partial charge on any atom is 0.258 e. The molecular weight excluding hydrogens is 270 g/mol. The van der Waals surface area contributed by atoms with Crippen LogP contribution in [0.3, 0.4) is 0 Å². The molecule has 21 heavy (non-hydrogen) atoms. The molecule has 0 aliphatic rings. The van der Waals surface area contributed by atoms with E-state index in [0.717, 1.165) is 5.82 Å². The van der Waals surface area contributed by atoms with Gasteiger partial charge in [-0.15, -0.1) is 5.10 Å². The Labute approximate surface area is 121 Å². The molecule has 3 aromatic rings. The van der Waals surface area contributed by atoms with Crippen molar-refractivity contribution in [2.24, 2.45) is 0 Å². The molecule has 3 heterocycles. The molecule has 9 heteroatoms. The van der Waals surface area contributed by atoms with E-state index in [1.807, 2.05) is 20.8 Å². The Morgan fingerprint density at radius 3 is 2.52 bits per heavy atom. The first-order chi connectivity index (χ1) is 10.2. The number of aromatic nitrogens is 8. The van der Waals surface area contributed by atoms with Crippen LogP contribution >= 0.6 is 0 Å². The minimum Gasteiger partial charge on any atom is -0.354 e. The van der Waals surface area contributed by atoms with Crippen molar-refractivity contribution in [1.82, 2.24) is 39.3 Å². The van der Waals surface area contributed by atoms with Crippen LogP contribution in [0.1, 0.15) is 18.6 Å². The Morgan fingerprint density at radius 1 is 1.10 bits per heavy atom. The molecule has 0 aromatic carbocycles. The highest BCUT2D eigenvalue weighted by molar-refractivity contribution is 5.32. The highest BCUT2D eigenvalue weighted by Crippen LogP contribution is 2.10. The fraction of sp³-hybridized carbons (Fsp3) is 0.333. The van der Waals surface area contributed by atoms with Crippen molar-refractivity contribution in [2.75, 3.05) is 11.9 Å². The molecule has 0 saturated carbocycles. The van der Waals surface area contributed by atoms with Crippen LogP contribution < -0.4 is 5.32 Å². The Bertz CT molecular complexity index is 744. The summed E-state index contributed by atoms with van der Waals surface area (Å²) >= 11 is 0. The van der Waals surface area contributed by atoms with E-state index in [2.05, 4.69) is 35.3 Å². The van der Waals surface area contributed by atoms with Gasteiger partial charge in [0.2, 0.25) is 11.9 Å². The van der Waals surface area contributed by atoms with Gasteiger partial charge in [-0.1, -0.05) is 0 Å². The highest BCUT2D eigenvalue weighted by atomic mass is 15.4. The van der Waals surface area contributed by atoms with Gasteiger partial charge < -0.3 is 5.32 Å². The topological polar surface area (TPSA) is 99.2 Å². The number of imidazole rings is 1. The summed E-state index contributed by atoms with van der Waals surface area (Å²) in [5.74, 6) is 2.77. The zero-order valence-corrected chi connectivity index (χ0v) is 12.0. The van der Waals surface area contributed by atoms with Crippen LogP contribution in [0.5, 0.6) is 0 Å². The molecule has 0 saturated heterocycles. The molecule has 0 atom stereocenters. The Balaban J connectivity index is 2.13. The number of aryl methyl sites for hydroxylation is 2. The lowest BCUT2D eigenvalue weighted by Crippen LogP contribution is -2.13. The molecular formula is C12H15N9. The van der Waals surface area contributed by atoms with E-state index < -0.39 is 0 Å². The van der Waals surface area contributed by atoms with E-state index in [-0.39, 0.29) is 0 Å². The van der Waals surface area contributed by atoms with Gasteiger partial charge in [0.1, 0.15) is 18.0 Å². The Kier molecular flexibility index (Phi) is 3.30. The number of nitrogens with one attached hydrogen (secondary N) is 1. The summed E-state index contributed by atoms with van der Waals surface area (Å²) in [6, 6.07) is 0. The first-order valence-corrected chi connectivity index (χ1v) is 6.56. The summed E-state index contributed by atoms with van der Waals surface area (Å²) < 4.78 is 3.31. The fourth-order valence-electron chi connectivity index (χ4n) is 1.89. The van der Waals surface area contributed by atoms with Crippen molar-refractivity contribution in [3.8, 4) is 11.9 Å². The molecule has 0 aliphatic carbocycles. The van der Waals surface area contributed by atoms with Crippen LogP contribution in [0.15, 0.2) is 18.7 Å². The molecule has 0 spiro atoms. The standard InChI is InChI=1S/C12H15N9/c1-4-14-10-16-11(20-6-5-13-7-20)18-12(17-10)21-9(3)15-8(2)19-21/h5-7H,4H2,1-3H3,(H,14,16,17,18). The second-order valence-corrected chi connectivity index (χ2v) is 4.38. The summed E-state index contributed by atoms with van der Waals surface area (Å²) in [7, 11) is 0. The van der Waals surface area contributed by atoms with Crippen LogP contribution in [0.25, 0.3) is 11.9 Å². The van der Waals surface area contributed by atoms with Gasteiger partial charge in [-0.05, 0) is 20.8 Å². The zero-order chi connectivity index (χ0) is 14.8. The molecule has 3 rings (SSSR count). The number of hydrogen-bond donors (Lipinski definition) is 1. The number of hydrogen-bond acceptors (Lipinski definition) is 7. The van der Waals surface area contributed by atoms with Crippen LogP contribution in [0, 0.1) is 13.8 Å². The smallest absolute Gasteiger partial charge is 0.258 e. The molecule has 108 valence electrons. The van der Waals surface area contributed by atoms with Crippen molar-refractivity contribution in [3.05, 3.63) is 30.4 Å². The summed E-state index contributed by atoms with van der Waals surface area (Å²) in [6.07, 6.45) is 5.07. The molecule has 9 nitrogen and oxygen atoms in total. The van der Waals surface area contributed by atoms with Crippen molar-refractivity contribution in [2.45, 2.75) is 20.8 Å². The van der Waals surface area contributed by atoms with Gasteiger partial charge in [-0.25, -0.2) is 9.97 Å². The minimum atomic E-state index is 0.419. The maximum atomic E-state index is 4.42. The first kappa shape index (κ1) is 13.2. The third kappa shape index (κ3) is 2.57. The predicted molar refractivity (Wildman–Crippen MR) is 75.5 cm³/mol. The van der Waals surface area contributed by atoms with Crippen molar-refractivity contribution >= 4 is 5.95 Å². The average molecular weight is 285 g/mol. The fourth-order valence-corrected chi connectivity index (χ4v) is 1.89. The molecule has 0 fully saturated rings. The summed E-state index contributed by atoms with van der Waals surface area (Å²) in [5.41, 5.74) is 0. The van der Waals surface area contributed by atoms with Gasteiger partial charge in [0.05, 0.1) is 0 Å². The van der Waals surface area contributed by atoms with E-state index in [1.54, 1.807) is 28.0 Å². The summed E-state index contributed by atoms with van der Waals surface area (Å²) in [4.78, 5) is 21.4. The maximum absolute atomic E-state index is 4.42. The van der Waals surface area contributed by atoms with E-state index in [9.17, 15) is 0 Å². The predicted octanol–water partition coefficient (Wildman–Crippen LogP) is 0.687. The number of anilines is 1. The SMILES string of the molecule is CCNc1nc(-n2ccnc2)nc(-n2nc(C)nc2C)n1. The number of nitrogens with zero attached hydrogens (tertiary/aromatic N) is 8. The highest BCUT2D eigenvalue weighted by Gasteiger charge is 2.13. The lowest BCUT2D eigenvalue weighted by atomic mass is 10.6. The zero-order valence-electron chi connectivity index (χ0n) is 12.0. The van der Waals surface area contributed by atoms with Gasteiger partial charge in [0.25, 0.3) is 5.95 Å². The quantitative estimate of drug-likeness (QED) is 0.752. The van der Waals surface area contributed by atoms with E-state index in [4.69, 9.17) is 0 Å². The Hall–Kier alpha value is -2.84. The van der Waals surface area contributed by atoms with Gasteiger partial charge in [0.15, 0.2) is 0 Å². The third-order valence-electron chi connectivity index (χ3n) is 2.75. The first-order valence-electron chi connectivity index (χ1n) is 6.56. The van der Waals surface area contributed by atoms with Gasteiger partial charge in [-0.3, -0.25) is 4.57 Å². The lowest BCUT2D eigenvalue weighted by Gasteiger charge is -2.08. The van der Waals surface area contributed by atoms with Gasteiger partial charge in [-0.2, -0.15) is 19.6 Å². The van der Waals surface area contributed by atoms with Crippen molar-refractivity contribution < 1.29 is 0 Å². The molecule has 1 N–H and O–H groups in total. The minimum absolute atomic E-state index is 0.419. The second-order valence-electron chi connectivity index (χ2n) is 4.38. The molecule has 3 aromatic heterocycles. The molecule has 0 unspecified atom stereocenters. The molecule has 0 radical (unpaired) electrons. The average Bonchev–Trinajstić information content (AvgIpc) is 3.08. The van der Waals surface area contributed by atoms with E-state index in [1.165, 1.54) is 0 Å². The molecule has 0 bridgehead atoms. The third-order valence-corrected chi connectivity index (χ3v) is 2.75. The second kappa shape index (κ2) is 5.27. The van der Waals surface area contributed by atoms with E-state index in [0.29, 0.717) is 30.2 Å². The number of rotatable bonds is 4. The molecule has 0 amide bonds. The van der Waals surface area contributed by atoms with Crippen LogP contribution in [0.2, 0.25) is 0 Å².